The van der Waals surface area contributed by atoms with E-state index in [1.165, 1.54) is 23.5 Å². The van der Waals surface area contributed by atoms with E-state index in [0.29, 0.717) is 20.9 Å². The van der Waals surface area contributed by atoms with Crippen molar-refractivity contribution in [2.75, 3.05) is 5.32 Å². The number of aromatic nitrogens is 1. The molecule has 1 amide bonds. The van der Waals surface area contributed by atoms with E-state index in [4.69, 9.17) is 0 Å². The highest BCUT2D eigenvalue weighted by atomic mass is 32.1. The molecule has 2 aromatic carbocycles. The molecule has 0 atom stereocenters. The Kier molecular flexibility index (Phi) is 4.26. The van der Waals surface area contributed by atoms with Crippen molar-refractivity contribution in [3.63, 3.8) is 0 Å². The van der Waals surface area contributed by atoms with Crippen molar-refractivity contribution in [1.29, 1.82) is 0 Å². The standard InChI is InChI=1S/C18H17N3O3S/c1-18(2,3)12-6-4-11(5-7-12)16(22)20-17-19-14-9-8-13(21(23)24)10-15(14)25-17/h4-10H,1-3H3,(H,19,20,22). The molecule has 0 saturated heterocycles. The molecule has 25 heavy (non-hydrogen) atoms. The smallest absolute Gasteiger partial charge is 0.270 e. The molecule has 0 bridgehead atoms. The number of carbonyl (C=O) groups is 1. The van der Waals surface area contributed by atoms with Crippen LogP contribution in [0.5, 0.6) is 0 Å². The minimum atomic E-state index is -0.450. The highest BCUT2D eigenvalue weighted by molar-refractivity contribution is 7.22. The minimum absolute atomic E-state index is 0.00629. The summed E-state index contributed by atoms with van der Waals surface area (Å²) < 4.78 is 0.660. The van der Waals surface area contributed by atoms with Crippen LogP contribution in [0, 0.1) is 10.1 Å². The van der Waals surface area contributed by atoms with Crippen LogP contribution in [0.2, 0.25) is 0 Å². The summed E-state index contributed by atoms with van der Waals surface area (Å²) in [5.41, 5.74) is 2.34. The second-order valence-electron chi connectivity index (χ2n) is 6.71. The van der Waals surface area contributed by atoms with E-state index in [2.05, 4.69) is 31.1 Å². The van der Waals surface area contributed by atoms with Gasteiger partial charge in [0.15, 0.2) is 5.13 Å². The largest absolute Gasteiger partial charge is 0.298 e. The first-order valence-corrected chi connectivity index (χ1v) is 8.52. The third-order valence-corrected chi connectivity index (χ3v) is 4.75. The van der Waals surface area contributed by atoms with E-state index in [9.17, 15) is 14.9 Å². The molecule has 3 aromatic rings. The molecule has 0 aliphatic carbocycles. The highest BCUT2D eigenvalue weighted by Gasteiger charge is 2.16. The van der Waals surface area contributed by atoms with E-state index in [1.807, 2.05) is 12.1 Å². The number of benzene rings is 2. The fourth-order valence-electron chi connectivity index (χ4n) is 2.37. The van der Waals surface area contributed by atoms with Crippen molar-refractivity contribution in [3.05, 3.63) is 63.7 Å². The van der Waals surface area contributed by atoms with Crippen molar-refractivity contribution in [1.82, 2.24) is 4.98 Å². The molecule has 0 aliphatic rings. The van der Waals surface area contributed by atoms with Gasteiger partial charge in [-0.05, 0) is 29.2 Å². The van der Waals surface area contributed by atoms with Gasteiger partial charge in [-0.3, -0.25) is 20.2 Å². The van der Waals surface area contributed by atoms with Crippen LogP contribution in [0.3, 0.4) is 0 Å². The zero-order valence-electron chi connectivity index (χ0n) is 14.1. The lowest BCUT2D eigenvalue weighted by atomic mass is 9.87. The molecule has 1 aromatic heterocycles. The summed E-state index contributed by atoms with van der Waals surface area (Å²) >= 11 is 1.21. The Hall–Kier alpha value is -2.80. The predicted molar refractivity (Wildman–Crippen MR) is 99.4 cm³/mol. The lowest BCUT2D eigenvalue weighted by Gasteiger charge is -2.18. The molecule has 6 nitrogen and oxygen atoms in total. The van der Waals surface area contributed by atoms with Gasteiger partial charge in [0.2, 0.25) is 0 Å². The maximum absolute atomic E-state index is 12.4. The molecule has 0 fully saturated rings. The number of nitro groups is 1. The molecule has 0 spiro atoms. The van der Waals surface area contributed by atoms with E-state index in [1.54, 1.807) is 18.2 Å². The Labute approximate surface area is 148 Å². The normalized spacial score (nSPS) is 11.5. The van der Waals surface area contributed by atoms with Gasteiger partial charge in [-0.25, -0.2) is 4.98 Å². The minimum Gasteiger partial charge on any atom is -0.298 e. The Balaban J connectivity index is 1.80. The topological polar surface area (TPSA) is 85.1 Å². The predicted octanol–water partition coefficient (Wildman–Crippen LogP) is 4.75. The van der Waals surface area contributed by atoms with Gasteiger partial charge in [-0.15, -0.1) is 0 Å². The number of nitrogens with one attached hydrogen (secondary N) is 1. The molecule has 1 heterocycles. The monoisotopic (exact) mass is 355 g/mol. The highest BCUT2D eigenvalue weighted by Crippen LogP contribution is 2.29. The Morgan fingerprint density at radius 2 is 1.84 bits per heavy atom. The van der Waals surface area contributed by atoms with E-state index >= 15 is 0 Å². The summed E-state index contributed by atoms with van der Waals surface area (Å²) in [6.45, 7) is 6.34. The first kappa shape index (κ1) is 17.0. The number of hydrogen-bond acceptors (Lipinski definition) is 5. The maximum atomic E-state index is 12.4. The lowest BCUT2D eigenvalue weighted by molar-refractivity contribution is -0.384. The number of nitrogens with zero attached hydrogens (tertiary/aromatic N) is 2. The van der Waals surface area contributed by atoms with Gasteiger partial charge >= 0.3 is 0 Å². The number of anilines is 1. The van der Waals surface area contributed by atoms with Crippen LogP contribution in [0.15, 0.2) is 42.5 Å². The van der Waals surface area contributed by atoms with E-state index in [0.717, 1.165) is 5.56 Å². The molecular weight excluding hydrogens is 338 g/mol. The zero-order valence-corrected chi connectivity index (χ0v) is 14.9. The van der Waals surface area contributed by atoms with Crippen LogP contribution < -0.4 is 5.32 Å². The van der Waals surface area contributed by atoms with Crippen LogP contribution in [0.25, 0.3) is 10.2 Å². The Morgan fingerprint density at radius 1 is 1.16 bits per heavy atom. The molecular formula is C18H17N3O3S. The molecule has 3 rings (SSSR count). The van der Waals surface area contributed by atoms with Gasteiger partial charge < -0.3 is 0 Å². The molecule has 0 radical (unpaired) electrons. The number of nitro benzene ring substituents is 1. The molecule has 1 N–H and O–H groups in total. The van der Waals surface area contributed by atoms with Crippen LogP contribution in [-0.4, -0.2) is 15.8 Å². The van der Waals surface area contributed by atoms with Crippen molar-refractivity contribution in [2.45, 2.75) is 26.2 Å². The van der Waals surface area contributed by atoms with Gasteiger partial charge in [0.1, 0.15) is 0 Å². The number of non-ortho nitro benzene ring substituents is 1. The summed E-state index contributed by atoms with van der Waals surface area (Å²) in [7, 11) is 0. The Morgan fingerprint density at radius 3 is 2.44 bits per heavy atom. The van der Waals surface area contributed by atoms with Crippen molar-refractivity contribution < 1.29 is 9.72 Å². The Bertz CT molecular complexity index is 956. The van der Waals surface area contributed by atoms with Crippen molar-refractivity contribution >= 4 is 38.3 Å². The average Bonchev–Trinajstić information content (AvgIpc) is 2.95. The van der Waals surface area contributed by atoms with Crippen LogP contribution in [0.4, 0.5) is 10.8 Å². The number of hydrogen-bond donors (Lipinski definition) is 1. The molecule has 7 heteroatoms. The number of fused-ring (bicyclic) bond motifs is 1. The second-order valence-corrected chi connectivity index (χ2v) is 7.74. The molecule has 0 unspecified atom stereocenters. The second kappa shape index (κ2) is 6.25. The quantitative estimate of drug-likeness (QED) is 0.542. The van der Waals surface area contributed by atoms with Crippen LogP contribution >= 0.6 is 11.3 Å². The van der Waals surface area contributed by atoms with Gasteiger partial charge in [0.05, 0.1) is 15.1 Å². The van der Waals surface area contributed by atoms with Gasteiger partial charge in [-0.1, -0.05) is 44.2 Å². The fourth-order valence-corrected chi connectivity index (χ4v) is 3.27. The number of thiazole rings is 1. The van der Waals surface area contributed by atoms with Crippen LogP contribution in [0.1, 0.15) is 36.7 Å². The van der Waals surface area contributed by atoms with E-state index in [-0.39, 0.29) is 17.0 Å². The molecule has 0 aliphatic heterocycles. The third kappa shape index (κ3) is 3.66. The van der Waals surface area contributed by atoms with Gasteiger partial charge in [-0.2, -0.15) is 0 Å². The first-order chi connectivity index (χ1) is 11.7. The molecule has 0 saturated carbocycles. The van der Waals surface area contributed by atoms with Crippen LogP contribution in [-0.2, 0) is 5.41 Å². The SMILES string of the molecule is CC(C)(C)c1ccc(C(=O)Nc2nc3ccc([N+](=O)[O-])cc3s2)cc1. The number of rotatable bonds is 3. The fraction of sp³-hybridized carbons (Fsp3) is 0.222. The first-order valence-electron chi connectivity index (χ1n) is 7.71. The van der Waals surface area contributed by atoms with Gasteiger partial charge in [0.25, 0.3) is 11.6 Å². The van der Waals surface area contributed by atoms with Gasteiger partial charge in [0, 0.05) is 17.7 Å². The summed E-state index contributed by atoms with van der Waals surface area (Å²) in [5.74, 6) is -0.256. The summed E-state index contributed by atoms with van der Waals surface area (Å²) in [4.78, 5) is 27.1. The summed E-state index contributed by atoms with van der Waals surface area (Å²) in [6, 6.07) is 11.9. The maximum Gasteiger partial charge on any atom is 0.270 e. The summed E-state index contributed by atoms with van der Waals surface area (Å²) in [6.07, 6.45) is 0. The lowest BCUT2D eigenvalue weighted by Crippen LogP contribution is -2.14. The summed E-state index contributed by atoms with van der Waals surface area (Å²) in [5, 5.41) is 14.0. The number of carbonyl (C=O) groups excluding carboxylic acids is 1. The molecule has 128 valence electrons. The van der Waals surface area contributed by atoms with E-state index < -0.39 is 4.92 Å². The zero-order chi connectivity index (χ0) is 18.2. The van der Waals surface area contributed by atoms with Crippen molar-refractivity contribution in [3.8, 4) is 0 Å². The van der Waals surface area contributed by atoms with Crippen molar-refractivity contribution in [2.24, 2.45) is 0 Å². The number of amides is 1. The third-order valence-electron chi connectivity index (χ3n) is 3.82. The average molecular weight is 355 g/mol.